The number of nitrogens with zero attached hydrogens (tertiary/aromatic N) is 2. The molecule has 1 unspecified atom stereocenters. The molecule has 2 heterocycles. The first kappa shape index (κ1) is 22.6. The molecule has 0 radical (unpaired) electrons. The highest BCUT2D eigenvalue weighted by atomic mass is 19.1. The van der Waals surface area contributed by atoms with E-state index in [1.54, 1.807) is 41.6 Å². The monoisotopic (exact) mass is 403 g/mol. The SMILES string of the molecule is CC.CC(=O)c1cc(C(=O)N2CCC(CO)C2)c(Nc2ccc(C)cc2F)n1C. The average molecular weight is 403 g/mol. The summed E-state index contributed by atoms with van der Waals surface area (Å²) in [5.74, 6) is -0.403. The maximum Gasteiger partial charge on any atom is 0.257 e. The minimum absolute atomic E-state index is 0.0386. The van der Waals surface area contributed by atoms with Gasteiger partial charge in [-0.2, -0.15) is 0 Å². The van der Waals surface area contributed by atoms with Crippen LogP contribution >= 0.6 is 0 Å². The summed E-state index contributed by atoms with van der Waals surface area (Å²) in [4.78, 5) is 26.7. The van der Waals surface area contributed by atoms with Gasteiger partial charge < -0.3 is 19.9 Å². The molecule has 7 heteroatoms. The first-order valence-corrected chi connectivity index (χ1v) is 9.95. The molecule has 0 saturated carbocycles. The Morgan fingerprint density at radius 1 is 1.28 bits per heavy atom. The molecular formula is C22H30FN3O3. The number of carbonyl (C=O) groups is 2. The Morgan fingerprint density at radius 2 is 1.97 bits per heavy atom. The summed E-state index contributed by atoms with van der Waals surface area (Å²) in [6, 6.07) is 6.33. The molecule has 29 heavy (non-hydrogen) atoms. The molecule has 2 N–H and O–H groups in total. The van der Waals surface area contributed by atoms with Gasteiger partial charge in [-0.1, -0.05) is 19.9 Å². The van der Waals surface area contributed by atoms with Crippen LogP contribution in [0.3, 0.4) is 0 Å². The number of nitrogens with one attached hydrogen (secondary N) is 1. The van der Waals surface area contributed by atoms with Crippen molar-refractivity contribution in [2.75, 3.05) is 25.0 Å². The summed E-state index contributed by atoms with van der Waals surface area (Å²) in [6.45, 7) is 8.28. The quantitative estimate of drug-likeness (QED) is 0.743. The van der Waals surface area contributed by atoms with E-state index in [1.807, 2.05) is 13.8 Å². The lowest BCUT2D eigenvalue weighted by atomic mass is 10.1. The molecule has 1 aliphatic heterocycles. The van der Waals surface area contributed by atoms with Crippen LogP contribution in [0.2, 0.25) is 0 Å². The molecule has 3 rings (SSSR count). The second-order valence-electron chi connectivity index (χ2n) is 7.10. The number of halogens is 1. The number of benzene rings is 1. The van der Waals surface area contributed by atoms with Crippen molar-refractivity contribution in [2.24, 2.45) is 13.0 Å². The maximum absolute atomic E-state index is 14.3. The van der Waals surface area contributed by atoms with Crippen LogP contribution in [0.4, 0.5) is 15.9 Å². The molecule has 0 bridgehead atoms. The van der Waals surface area contributed by atoms with Gasteiger partial charge in [0.15, 0.2) is 5.78 Å². The second-order valence-corrected chi connectivity index (χ2v) is 7.10. The van der Waals surface area contributed by atoms with Crippen LogP contribution < -0.4 is 5.32 Å². The summed E-state index contributed by atoms with van der Waals surface area (Å²) in [7, 11) is 1.67. The number of aliphatic hydroxyl groups is 1. The molecule has 1 saturated heterocycles. The highest BCUT2D eigenvalue weighted by Gasteiger charge is 2.30. The van der Waals surface area contributed by atoms with E-state index >= 15 is 0 Å². The molecule has 6 nitrogen and oxygen atoms in total. The molecule has 1 aromatic heterocycles. The predicted octanol–water partition coefficient (Wildman–Crippen LogP) is 3.90. The number of rotatable bonds is 5. The first-order chi connectivity index (χ1) is 13.8. The van der Waals surface area contributed by atoms with Crippen molar-refractivity contribution in [3.8, 4) is 0 Å². The standard InChI is InChI=1S/C20H24FN3O3.C2H6/c1-12-4-5-17(16(21)8-12)22-19-15(9-18(13(2)26)23(19)3)20(27)24-7-6-14(10-24)11-25;1-2/h4-5,8-9,14,22,25H,6-7,10-11H2,1-3H3;1-2H3. The van der Waals surface area contributed by atoms with Gasteiger partial charge in [0.25, 0.3) is 5.91 Å². The third kappa shape index (κ3) is 4.85. The number of aryl methyl sites for hydroxylation is 1. The summed E-state index contributed by atoms with van der Waals surface area (Å²) in [6.07, 6.45) is 0.740. The molecule has 0 aliphatic carbocycles. The van der Waals surface area contributed by atoms with Crippen molar-refractivity contribution in [3.05, 3.63) is 46.9 Å². The van der Waals surface area contributed by atoms with Crippen molar-refractivity contribution in [1.29, 1.82) is 0 Å². The smallest absolute Gasteiger partial charge is 0.257 e. The number of amides is 1. The summed E-state index contributed by atoms with van der Waals surface area (Å²) < 4.78 is 15.9. The van der Waals surface area contributed by atoms with Crippen LogP contribution in [0.5, 0.6) is 0 Å². The second kappa shape index (κ2) is 9.69. The minimum atomic E-state index is -0.430. The van der Waals surface area contributed by atoms with E-state index < -0.39 is 5.82 Å². The third-order valence-electron chi connectivity index (χ3n) is 5.03. The molecule has 1 fully saturated rings. The number of ketones is 1. The number of anilines is 2. The summed E-state index contributed by atoms with van der Waals surface area (Å²) in [5, 5.41) is 12.3. The van der Waals surface area contributed by atoms with Gasteiger partial charge in [0, 0.05) is 39.6 Å². The van der Waals surface area contributed by atoms with Gasteiger partial charge in [-0.3, -0.25) is 9.59 Å². The predicted molar refractivity (Wildman–Crippen MR) is 112 cm³/mol. The van der Waals surface area contributed by atoms with Crippen LogP contribution in [0.25, 0.3) is 0 Å². The zero-order valence-corrected chi connectivity index (χ0v) is 17.8. The lowest BCUT2D eigenvalue weighted by Crippen LogP contribution is -2.29. The Hall–Kier alpha value is -2.67. The number of aromatic nitrogens is 1. The zero-order valence-electron chi connectivity index (χ0n) is 17.8. The molecule has 1 amide bonds. The van der Waals surface area contributed by atoms with Gasteiger partial charge in [-0.25, -0.2) is 4.39 Å². The Morgan fingerprint density at radius 3 is 2.52 bits per heavy atom. The zero-order chi connectivity index (χ0) is 21.7. The van der Waals surface area contributed by atoms with Crippen molar-refractivity contribution >= 4 is 23.2 Å². The normalized spacial score (nSPS) is 15.7. The fourth-order valence-corrected chi connectivity index (χ4v) is 3.44. The van der Waals surface area contributed by atoms with Crippen molar-refractivity contribution < 1.29 is 19.1 Å². The van der Waals surface area contributed by atoms with E-state index in [1.165, 1.54) is 13.0 Å². The van der Waals surface area contributed by atoms with Crippen molar-refractivity contribution in [3.63, 3.8) is 0 Å². The van der Waals surface area contributed by atoms with Gasteiger partial charge in [-0.05, 0) is 37.1 Å². The maximum atomic E-state index is 14.3. The lowest BCUT2D eigenvalue weighted by Gasteiger charge is -2.18. The van der Waals surface area contributed by atoms with E-state index in [0.29, 0.717) is 30.2 Å². The van der Waals surface area contributed by atoms with Gasteiger partial charge in [-0.15, -0.1) is 0 Å². The largest absolute Gasteiger partial charge is 0.396 e. The van der Waals surface area contributed by atoms with Crippen LogP contribution in [-0.2, 0) is 7.05 Å². The highest BCUT2D eigenvalue weighted by molar-refractivity contribution is 6.04. The van der Waals surface area contributed by atoms with Crippen LogP contribution in [0.1, 0.15) is 53.6 Å². The molecule has 158 valence electrons. The number of aliphatic hydroxyl groups excluding tert-OH is 1. The summed E-state index contributed by atoms with van der Waals surface area (Å²) >= 11 is 0. The number of carbonyl (C=O) groups excluding carboxylic acids is 2. The van der Waals surface area contributed by atoms with E-state index in [-0.39, 0.29) is 29.9 Å². The Kier molecular flexibility index (Phi) is 7.56. The Labute approximate surface area is 171 Å². The molecule has 1 aromatic carbocycles. The Balaban J connectivity index is 0.00000145. The fraction of sp³-hybridized carbons (Fsp3) is 0.455. The van der Waals surface area contributed by atoms with Crippen LogP contribution in [0.15, 0.2) is 24.3 Å². The van der Waals surface area contributed by atoms with Gasteiger partial charge in [0.1, 0.15) is 11.6 Å². The fourth-order valence-electron chi connectivity index (χ4n) is 3.44. The highest BCUT2D eigenvalue weighted by Crippen LogP contribution is 2.29. The number of hydrogen-bond acceptors (Lipinski definition) is 4. The average Bonchev–Trinajstić information content (AvgIpc) is 3.30. The first-order valence-electron chi connectivity index (χ1n) is 9.95. The minimum Gasteiger partial charge on any atom is -0.396 e. The number of hydrogen-bond donors (Lipinski definition) is 2. The number of Topliss-reactive ketones (excluding diaryl/α,β-unsaturated/α-hetero) is 1. The van der Waals surface area contributed by atoms with Gasteiger partial charge in [0.05, 0.1) is 16.9 Å². The molecule has 1 aliphatic rings. The van der Waals surface area contributed by atoms with E-state index in [0.717, 1.165) is 12.0 Å². The van der Waals surface area contributed by atoms with Crippen LogP contribution in [0, 0.1) is 18.7 Å². The summed E-state index contributed by atoms with van der Waals surface area (Å²) in [5.41, 5.74) is 1.71. The molecule has 1 atom stereocenters. The van der Waals surface area contributed by atoms with E-state index in [9.17, 15) is 19.1 Å². The lowest BCUT2D eigenvalue weighted by molar-refractivity contribution is 0.0783. The van der Waals surface area contributed by atoms with Gasteiger partial charge in [0.2, 0.25) is 0 Å². The van der Waals surface area contributed by atoms with Crippen molar-refractivity contribution in [2.45, 2.75) is 34.1 Å². The van der Waals surface area contributed by atoms with Crippen LogP contribution in [-0.4, -0.2) is 46.0 Å². The Bertz CT molecular complexity index is 892. The molecule has 0 spiro atoms. The number of likely N-dealkylation sites (tertiary alicyclic amines) is 1. The van der Waals surface area contributed by atoms with E-state index in [2.05, 4.69) is 5.32 Å². The molecular weight excluding hydrogens is 373 g/mol. The van der Waals surface area contributed by atoms with E-state index in [4.69, 9.17) is 0 Å². The van der Waals surface area contributed by atoms with Gasteiger partial charge >= 0.3 is 0 Å². The topological polar surface area (TPSA) is 74.6 Å². The third-order valence-corrected chi connectivity index (χ3v) is 5.03. The molecule has 2 aromatic rings. The van der Waals surface area contributed by atoms with Crippen molar-refractivity contribution in [1.82, 2.24) is 9.47 Å².